The molecule has 2 nitrogen and oxygen atoms in total. The Labute approximate surface area is 131 Å². The van der Waals surface area contributed by atoms with E-state index >= 15 is 0 Å². The Balaban J connectivity index is 1.93. The molecule has 1 amide bonds. The van der Waals surface area contributed by atoms with Crippen molar-refractivity contribution in [2.45, 2.75) is 18.2 Å². The molecule has 108 valence electrons. The first-order chi connectivity index (χ1) is 10.0. The lowest BCUT2D eigenvalue weighted by Gasteiger charge is -2.19. The molecule has 21 heavy (non-hydrogen) atoms. The molecule has 1 atom stereocenters. The summed E-state index contributed by atoms with van der Waals surface area (Å²) in [7, 11) is 0. The van der Waals surface area contributed by atoms with Gasteiger partial charge in [-0.25, -0.2) is 4.39 Å². The molecule has 0 bridgehead atoms. The molecule has 1 N–H and O–H groups in total. The molecule has 3 rings (SSSR count). The molecular formula is C16H12Cl2FNO. The molecule has 5 heteroatoms. The molecule has 1 unspecified atom stereocenters. The van der Waals surface area contributed by atoms with Crippen LogP contribution in [0, 0.1) is 5.82 Å². The van der Waals surface area contributed by atoms with Crippen LogP contribution in [0.3, 0.4) is 0 Å². The average Bonchev–Trinajstić information content (AvgIpc) is 2.49. The van der Waals surface area contributed by atoms with Crippen LogP contribution in [-0.2, 0) is 11.2 Å². The van der Waals surface area contributed by atoms with E-state index in [1.54, 1.807) is 6.07 Å². The van der Waals surface area contributed by atoms with Crippen molar-refractivity contribution in [3.8, 4) is 0 Å². The maximum absolute atomic E-state index is 13.5. The summed E-state index contributed by atoms with van der Waals surface area (Å²) in [5.74, 6) is -0.456. The zero-order chi connectivity index (χ0) is 15.0. The molecule has 0 aromatic heterocycles. The molecule has 0 aliphatic carbocycles. The van der Waals surface area contributed by atoms with E-state index in [4.69, 9.17) is 23.2 Å². The van der Waals surface area contributed by atoms with Crippen molar-refractivity contribution in [2.75, 3.05) is 5.32 Å². The smallest absolute Gasteiger partial charge is 0.224 e. The second kappa shape index (κ2) is 5.66. The Bertz CT molecular complexity index is 717. The zero-order valence-corrected chi connectivity index (χ0v) is 12.5. The van der Waals surface area contributed by atoms with Gasteiger partial charge in [-0.2, -0.15) is 0 Å². The number of hydrogen-bond donors (Lipinski definition) is 1. The maximum atomic E-state index is 13.5. The van der Waals surface area contributed by atoms with Gasteiger partial charge in [0.25, 0.3) is 0 Å². The highest BCUT2D eigenvalue weighted by Crippen LogP contribution is 2.34. The minimum atomic E-state index is -0.481. The van der Waals surface area contributed by atoms with Crippen LogP contribution in [0.1, 0.15) is 28.5 Å². The summed E-state index contributed by atoms with van der Waals surface area (Å²) in [6.45, 7) is 0. The van der Waals surface area contributed by atoms with Crippen LogP contribution in [0.5, 0.6) is 0 Å². The molecule has 0 saturated carbocycles. The fourth-order valence-corrected chi connectivity index (χ4v) is 2.81. The minimum Gasteiger partial charge on any atom is -0.326 e. The summed E-state index contributed by atoms with van der Waals surface area (Å²) in [5, 5.41) is 2.44. The molecule has 2 aromatic carbocycles. The molecule has 0 spiro atoms. The predicted molar refractivity (Wildman–Crippen MR) is 82.5 cm³/mol. The van der Waals surface area contributed by atoms with Gasteiger partial charge in [0.15, 0.2) is 0 Å². The van der Waals surface area contributed by atoms with Crippen LogP contribution in [-0.4, -0.2) is 5.91 Å². The first-order valence-electron chi connectivity index (χ1n) is 6.56. The summed E-state index contributed by atoms with van der Waals surface area (Å²) in [6.07, 6.45) is 1.16. The molecule has 0 radical (unpaired) electrons. The number of alkyl halides is 1. The van der Waals surface area contributed by atoms with Crippen molar-refractivity contribution < 1.29 is 9.18 Å². The molecule has 1 heterocycles. The van der Waals surface area contributed by atoms with Gasteiger partial charge in [0, 0.05) is 12.1 Å². The van der Waals surface area contributed by atoms with E-state index in [9.17, 15) is 9.18 Å². The summed E-state index contributed by atoms with van der Waals surface area (Å²) in [6, 6.07) is 10.2. The topological polar surface area (TPSA) is 29.1 Å². The molecule has 1 aliphatic heterocycles. The number of amides is 1. The van der Waals surface area contributed by atoms with Crippen LogP contribution in [0.2, 0.25) is 5.02 Å². The SMILES string of the molecule is O=C1CCc2cc(C(Cl)c3ccc(Cl)c(F)c3)ccc2N1. The lowest BCUT2D eigenvalue weighted by atomic mass is 9.97. The van der Waals surface area contributed by atoms with E-state index < -0.39 is 11.2 Å². The molecule has 1 aliphatic rings. The number of rotatable bonds is 2. The second-order valence-corrected chi connectivity index (χ2v) is 5.84. The van der Waals surface area contributed by atoms with E-state index in [1.165, 1.54) is 12.1 Å². The summed E-state index contributed by atoms with van der Waals surface area (Å²) >= 11 is 12.1. The molecule has 2 aromatic rings. The predicted octanol–water partition coefficient (Wildman–Crippen LogP) is 4.69. The Hall–Kier alpha value is -1.58. The third-order valence-electron chi connectivity index (χ3n) is 3.55. The first kappa shape index (κ1) is 14.4. The monoisotopic (exact) mass is 323 g/mol. The van der Waals surface area contributed by atoms with Crippen molar-refractivity contribution in [1.82, 2.24) is 0 Å². The fraction of sp³-hybridized carbons (Fsp3) is 0.188. The van der Waals surface area contributed by atoms with Gasteiger partial charge in [-0.15, -0.1) is 11.6 Å². The number of carbonyl (C=O) groups is 1. The van der Waals surface area contributed by atoms with Gasteiger partial charge in [-0.1, -0.05) is 29.8 Å². The van der Waals surface area contributed by atoms with Gasteiger partial charge in [-0.3, -0.25) is 4.79 Å². The lowest BCUT2D eigenvalue weighted by molar-refractivity contribution is -0.116. The van der Waals surface area contributed by atoms with E-state index in [0.717, 1.165) is 16.8 Å². The third-order valence-corrected chi connectivity index (χ3v) is 4.36. The van der Waals surface area contributed by atoms with Gasteiger partial charge in [-0.05, 0) is 41.3 Å². The summed E-state index contributed by atoms with van der Waals surface area (Å²) in [5.41, 5.74) is 3.39. The highest BCUT2D eigenvalue weighted by molar-refractivity contribution is 6.30. The highest BCUT2D eigenvalue weighted by atomic mass is 35.5. The van der Waals surface area contributed by atoms with Crippen molar-refractivity contribution in [3.05, 3.63) is 63.9 Å². The minimum absolute atomic E-state index is 0.0254. The lowest BCUT2D eigenvalue weighted by Crippen LogP contribution is -2.19. The Morgan fingerprint density at radius 3 is 2.57 bits per heavy atom. The number of aryl methyl sites for hydroxylation is 1. The maximum Gasteiger partial charge on any atom is 0.224 e. The Morgan fingerprint density at radius 1 is 1.10 bits per heavy atom. The van der Waals surface area contributed by atoms with Crippen LogP contribution < -0.4 is 5.32 Å². The summed E-state index contributed by atoms with van der Waals surface area (Å²) < 4.78 is 13.5. The van der Waals surface area contributed by atoms with E-state index in [0.29, 0.717) is 18.4 Å². The third kappa shape index (κ3) is 2.89. The number of carbonyl (C=O) groups excluding carboxylic acids is 1. The Kier molecular flexibility index (Phi) is 3.87. The van der Waals surface area contributed by atoms with Crippen LogP contribution in [0.15, 0.2) is 36.4 Å². The van der Waals surface area contributed by atoms with E-state index in [-0.39, 0.29) is 10.9 Å². The standard InChI is InChI=1S/C16H12Cl2FNO/c17-12-4-1-11(8-13(12)19)16(18)10-2-5-14-9(7-10)3-6-15(21)20-14/h1-2,4-5,7-8,16H,3,6H2,(H,20,21). The molecular weight excluding hydrogens is 312 g/mol. The fourth-order valence-electron chi connectivity index (χ4n) is 2.42. The van der Waals surface area contributed by atoms with Crippen molar-refractivity contribution in [1.29, 1.82) is 0 Å². The van der Waals surface area contributed by atoms with Gasteiger partial charge >= 0.3 is 0 Å². The number of halogens is 3. The molecule has 0 fully saturated rings. The quantitative estimate of drug-likeness (QED) is 0.798. The number of anilines is 1. The van der Waals surface area contributed by atoms with Gasteiger partial charge in [0.05, 0.1) is 10.4 Å². The van der Waals surface area contributed by atoms with Gasteiger partial charge in [0.1, 0.15) is 5.82 Å². The largest absolute Gasteiger partial charge is 0.326 e. The Morgan fingerprint density at radius 2 is 1.81 bits per heavy atom. The molecule has 0 saturated heterocycles. The van der Waals surface area contributed by atoms with Crippen LogP contribution >= 0.6 is 23.2 Å². The van der Waals surface area contributed by atoms with Crippen LogP contribution in [0.4, 0.5) is 10.1 Å². The van der Waals surface area contributed by atoms with Gasteiger partial charge < -0.3 is 5.32 Å². The van der Waals surface area contributed by atoms with Crippen LogP contribution in [0.25, 0.3) is 0 Å². The highest BCUT2D eigenvalue weighted by Gasteiger charge is 2.18. The van der Waals surface area contributed by atoms with Crippen molar-refractivity contribution >= 4 is 34.8 Å². The van der Waals surface area contributed by atoms with Crippen molar-refractivity contribution in [2.24, 2.45) is 0 Å². The van der Waals surface area contributed by atoms with Crippen molar-refractivity contribution in [3.63, 3.8) is 0 Å². The second-order valence-electron chi connectivity index (χ2n) is 5.00. The van der Waals surface area contributed by atoms with Gasteiger partial charge in [0.2, 0.25) is 5.91 Å². The van der Waals surface area contributed by atoms with E-state index in [1.807, 2.05) is 18.2 Å². The summed E-state index contributed by atoms with van der Waals surface area (Å²) in [4.78, 5) is 11.3. The number of benzene rings is 2. The average molecular weight is 324 g/mol. The number of nitrogens with one attached hydrogen (secondary N) is 1. The van der Waals surface area contributed by atoms with E-state index in [2.05, 4.69) is 5.32 Å². The normalized spacial score (nSPS) is 15.3. The number of hydrogen-bond acceptors (Lipinski definition) is 1. The first-order valence-corrected chi connectivity index (χ1v) is 7.38. The zero-order valence-electron chi connectivity index (χ0n) is 11.0. The number of fused-ring (bicyclic) bond motifs is 1.